The normalized spacial score (nSPS) is 21.7. The smallest absolute Gasteiger partial charge is 0.0630 e. The quantitative estimate of drug-likeness (QED) is 0.746. The molecule has 1 heterocycles. The highest BCUT2D eigenvalue weighted by Crippen LogP contribution is 2.47. The Morgan fingerprint density at radius 2 is 2.00 bits per heavy atom. The predicted octanol–water partition coefficient (Wildman–Crippen LogP) is 3.96. The van der Waals surface area contributed by atoms with Crippen LogP contribution in [-0.2, 0) is 6.42 Å². The maximum absolute atomic E-state index is 4.88. The summed E-state index contributed by atoms with van der Waals surface area (Å²) in [5, 5.41) is 8.64. The molecule has 1 atom stereocenters. The molecule has 0 aromatic carbocycles. The van der Waals surface area contributed by atoms with Gasteiger partial charge in [-0.25, -0.2) is 0 Å². The van der Waals surface area contributed by atoms with Crippen LogP contribution in [0.3, 0.4) is 0 Å². The summed E-state index contributed by atoms with van der Waals surface area (Å²) < 4.78 is 2.19. The molecule has 1 N–H and O–H groups in total. The first kappa shape index (κ1) is 15.1. The van der Waals surface area contributed by atoms with Crippen molar-refractivity contribution >= 4 is 0 Å². The summed E-state index contributed by atoms with van der Waals surface area (Å²) in [5.74, 6) is 0.905. The van der Waals surface area contributed by atoms with E-state index in [9.17, 15) is 0 Å². The molecular weight excluding hydrogens is 258 g/mol. The van der Waals surface area contributed by atoms with E-state index in [4.69, 9.17) is 5.10 Å². The first-order valence-corrected chi connectivity index (χ1v) is 8.92. The minimum Gasteiger partial charge on any atom is -0.313 e. The van der Waals surface area contributed by atoms with Crippen LogP contribution in [0.5, 0.6) is 0 Å². The molecule has 1 aromatic rings. The van der Waals surface area contributed by atoms with Crippen LogP contribution in [0.2, 0.25) is 0 Å². The highest BCUT2D eigenvalue weighted by molar-refractivity contribution is 5.07. The molecule has 0 saturated heterocycles. The van der Waals surface area contributed by atoms with Gasteiger partial charge in [0.25, 0.3) is 0 Å². The Hall–Kier alpha value is -0.830. The maximum atomic E-state index is 4.88. The average molecular weight is 289 g/mol. The molecule has 2 aliphatic carbocycles. The van der Waals surface area contributed by atoms with E-state index >= 15 is 0 Å². The number of nitrogens with one attached hydrogen (secondary N) is 1. The van der Waals surface area contributed by atoms with Gasteiger partial charge in [-0.15, -0.1) is 0 Å². The van der Waals surface area contributed by atoms with Gasteiger partial charge < -0.3 is 5.32 Å². The molecule has 2 aliphatic rings. The lowest BCUT2D eigenvalue weighted by atomic mass is 9.80. The largest absolute Gasteiger partial charge is 0.313 e. The van der Waals surface area contributed by atoms with Gasteiger partial charge in [0.05, 0.1) is 11.7 Å². The van der Waals surface area contributed by atoms with Crippen LogP contribution >= 0.6 is 0 Å². The third-order valence-corrected chi connectivity index (χ3v) is 5.50. The molecule has 2 fully saturated rings. The molecule has 1 unspecified atom stereocenters. The van der Waals surface area contributed by atoms with Crippen LogP contribution in [-0.4, -0.2) is 22.4 Å². The number of rotatable bonds is 9. The zero-order chi connectivity index (χ0) is 14.9. The van der Waals surface area contributed by atoms with Gasteiger partial charge in [-0.05, 0) is 62.3 Å². The Morgan fingerprint density at radius 3 is 2.57 bits per heavy atom. The Bertz CT molecular complexity index is 455. The van der Waals surface area contributed by atoms with Crippen molar-refractivity contribution in [2.45, 2.75) is 77.8 Å². The summed E-state index contributed by atoms with van der Waals surface area (Å²) in [6.45, 7) is 8.14. The number of hydrogen-bond donors (Lipinski definition) is 1. The van der Waals surface area contributed by atoms with E-state index in [0.717, 1.165) is 18.4 Å². The molecule has 3 rings (SSSR count). The van der Waals surface area contributed by atoms with Crippen LogP contribution in [0, 0.1) is 11.3 Å². The van der Waals surface area contributed by atoms with Gasteiger partial charge >= 0.3 is 0 Å². The fourth-order valence-corrected chi connectivity index (χ4v) is 3.55. The lowest BCUT2D eigenvalue weighted by Crippen LogP contribution is -2.36. The van der Waals surface area contributed by atoms with Crippen LogP contribution in [0.4, 0.5) is 0 Å². The van der Waals surface area contributed by atoms with E-state index < -0.39 is 0 Å². The average Bonchev–Trinajstić information content (AvgIpc) is 3.37. The zero-order valence-corrected chi connectivity index (χ0v) is 13.9. The Morgan fingerprint density at radius 1 is 1.29 bits per heavy atom. The highest BCUT2D eigenvalue weighted by Gasteiger charge is 2.42. The van der Waals surface area contributed by atoms with E-state index in [1.807, 2.05) is 0 Å². The summed E-state index contributed by atoms with van der Waals surface area (Å²) in [5.41, 5.74) is 1.68. The van der Waals surface area contributed by atoms with Crippen molar-refractivity contribution in [1.29, 1.82) is 0 Å². The zero-order valence-electron chi connectivity index (χ0n) is 13.9. The van der Waals surface area contributed by atoms with Crippen molar-refractivity contribution in [3.63, 3.8) is 0 Å². The standard InChI is InChI=1S/C18H31N3/c1-4-17(5-2)21-11-10-16(20-21)12-18(3,14-6-7-14)13-19-15-8-9-15/h10-11,14-15,17,19H,4-9,12-13H2,1-3H3. The van der Waals surface area contributed by atoms with Crippen molar-refractivity contribution in [1.82, 2.24) is 15.1 Å². The molecule has 1 aromatic heterocycles. The molecule has 0 aliphatic heterocycles. The molecule has 0 amide bonds. The first-order chi connectivity index (χ1) is 10.1. The molecular formula is C18H31N3. The summed E-state index contributed by atoms with van der Waals surface area (Å²) >= 11 is 0. The number of hydrogen-bond acceptors (Lipinski definition) is 2. The van der Waals surface area contributed by atoms with Crippen molar-refractivity contribution < 1.29 is 0 Å². The second-order valence-electron chi connectivity index (χ2n) is 7.52. The van der Waals surface area contributed by atoms with Crippen LogP contribution in [0.15, 0.2) is 12.3 Å². The fourth-order valence-electron chi connectivity index (χ4n) is 3.55. The van der Waals surface area contributed by atoms with Gasteiger partial charge in [-0.2, -0.15) is 5.10 Å². The van der Waals surface area contributed by atoms with Crippen molar-refractivity contribution in [3.05, 3.63) is 18.0 Å². The van der Waals surface area contributed by atoms with E-state index in [2.05, 4.69) is 43.0 Å². The van der Waals surface area contributed by atoms with Crippen molar-refractivity contribution in [2.24, 2.45) is 11.3 Å². The Labute approximate surface area is 129 Å². The van der Waals surface area contributed by atoms with Gasteiger partial charge in [-0.1, -0.05) is 20.8 Å². The summed E-state index contributed by atoms with van der Waals surface area (Å²) in [7, 11) is 0. The van der Waals surface area contributed by atoms with Gasteiger partial charge in [0, 0.05) is 18.8 Å². The highest BCUT2D eigenvalue weighted by atomic mass is 15.3. The molecule has 0 bridgehead atoms. The third kappa shape index (κ3) is 3.68. The van der Waals surface area contributed by atoms with Crippen molar-refractivity contribution in [3.8, 4) is 0 Å². The van der Waals surface area contributed by atoms with Gasteiger partial charge in [0.2, 0.25) is 0 Å². The van der Waals surface area contributed by atoms with Gasteiger partial charge in [-0.3, -0.25) is 4.68 Å². The summed E-state index contributed by atoms with van der Waals surface area (Å²) in [6.07, 6.45) is 11.2. The third-order valence-electron chi connectivity index (χ3n) is 5.50. The molecule has 3 nitrogen and oxygen atoms in total. The van der Waals surface area contributed by atoms with Crippen LogP contribution in [0.1, 0.15) is 71.0 Å². The topological polar surface area (TPSA) is 29.9 Å². The van der Waals surface area contributed by atoms with E-state index in [1.54, 1.807) is 0 Å². The second-order valence-corrected chi connectivity index (χ2v) is 7.52. The maximum Gasteiger partial charge on any atom is 0.0630 e. The second kappa shape index (κ2) is 6.12. The summed E-state index contributed by atoms with van der Waals surface area (Å²) in [6, 6.07) is 3.62. The van der Waals surface area contributed by atoms with Crippen molar-refractivity contribution in [2.75, 3.05) is 6.54 Å². The fraction of sp³-hybridized carbons (Fsp3) is 0.833. The molecule has 3 heteroatoms. The van der Waals surface area contributed by atoms with E-state index in [1.165, 1.54) is 50.8 Å². The lowest BCUT2D eigenvalue weighted by molar-refractivity contribution is 0.251. The van der Waals surface area contributed by atoms with Crippen LogP contribution < -0.4 is 5.32 Å². The monoisotopic (exact) mass is 289 g/mol. The van der Waals surface area contributed by atoms with E-state index in [0.29, 0.717) is 11.5 Å². The van der Waals surface area contributed by atoms with Crippen LogP contribution in [0.25, 0.3) is 0 Å². The molecule has 21 heavy (non-hydrogen) atoms. The SMILES string of the molecule is CCC(CC)n1ccc(CC(C)(CNC2CC2)C2CC2)n1. The van der Waals surface area contributed by atoms with E-state index in [-0.39, 0.29) is 0 Å². The molecule has 118 valence electrons. The number of aromatic nitrogens is 2. The Kier molecular flexibility index (Phi) is 4.39. The number of nitrogens with zero attached hydrogens (tertiary/aromatic N) is 2. The molecule has 0 radical (unpaired) electrons. The lowest BCUT2D eigenvalue weighted by Gasteiger charge is -2.29. The minimum atomic E-state index is 0.399. The van der Waals surface area contributed by atoms with Gasteiger partial charge in [0.15, 0.2) is 0 Å². The predicted molar refractivity (Wildman–Crippen MR) is 87.4 cm³/mol. The first-order valence-electron chi connectivity index (χ1n) is 8.92. The Balaban J connectivity index is 1.64. The minimum absolute atomic E-state index is 0.399. The summed E-state index contributed by atoms with van der Waals surface area (Å²) in [4.78, 5) is 0. The molecule has 2 saturated carbocycles. The molecule has 0 spiro atoms. The van der Waals surface area contributed by atoms with Gasteiger partial charge in [0.1, 0.15) is 0 Å².